The maximum atomic E-state index is 12.3. The molecular weight excluding hydrogens is 316 g/mol. The van der Waals surface area contributed by atoms with Gasteiger partial charge < -0.3 is 9.42 Å². The summed E-state index contributed by atoms with van der Waals surface area (Å²) < 4.78 is 5.41. The van der Waals surface area contributed by atoms with E-state index in [1.165, 1.54) is 5.56 Å². The second kappa shape index (κ2) is 6.59. The molecular formula is C19H24N4O2. The van der Waals surface area contributed by atoms with Gasteiger partial charge in [0.25, 0.3) is 0 Å². The van der Waals surface area contributed by atoms with E-state index in [-0.39, 0.29) is 5.92 Å². The van der Waals surface area contributed by atoms with Crippen molar-refractivity contribution in [3.63, 3.8) is 0 Å². The van der Waals surface area contributed by atoms with Crippen molar-refractivity contribution >= 4 is 5.91 Å². The molecule has 6 heteroatoms. The molecule has 1 aromatic carbocycles. The van der Waals surface area contributed by atoms with E-state index in [9.17, 15) is 4.79 Å². The van der Waals surface area contributed by atoms with E-state index in [0.29, 0.717) is 30.1 Å². The number of aryl methyl sites for hydroxylation is 1. The smallest absolute Gasteiger partial charge is 0.241 e. The zero-order chi connectivity index (χ0) is 17.4. The van der Waals surface area contributed by atoms with E-state index in [4.69, 9.17) is 4.52 Å². The Morgan fingerprint density at radius 2 is 1.88 bits per heavy atom. The fourth-order valence-electron chi connectivity index (χ4n) is 3.36. The van der Waals surface area contributed by atoms with E-state index in [1.807, 2.05) is 29.2 Å². The van der Waals surface area contributed by atoms with Crippen LogP contribution in [-0.4, -0.2) is 52.0 Å². The van der Waals surface area contributed by atoms with Gasteiger partial charge in [-0.25, -0.2) is 0 Å². The van der Waals surface area contributed by atoms with Crippen LogP contribution in [0.25, 0.3) is 11.4 Å². The molecule has 132 valence electrons. The van der Waals surface area contributed by atoms with Crippen molar-refractivity contribution in [1.29, 1.82) is 0 Å². The van der Waals surface area contributed by atoms with Crippen LogP contribution in [0.3, 0.4) is 0 Å². The molecule has 25 heavy (non-hydrogen) atoms. The zero-order valence-electron chi connectivity index (χ0n) is 14.8. The summed E-state index contributed by atoms with van der Waals surface area (Å²) in [4.78, 5) is 21.1. The Balaban J connectivity index is 1.31. The minimum absolute atomic E-state index is 0.277. The van der Waals surface area contributed by atoms with E-state index < -0.39 is 0 Å². The van der Waals surface area contributed by atoms with Crippen LogP contribution in [0.5, 0.6) is 0 Å². The lowest BCUT2D eigenvalue weighted by Gasteiger charge is -2.34. The highest BCUT2D eigenvalue weighted by Crippen LogP contribution is 2.39. The van der Waals surface area contributed by atoms with Crippen molar-refractivity contribution in [3.05, 3.63) is 35.7 Å². The predicted octanol–water partition coefficient (Wildman–Crippen LogP) is 2.35. The third kappa shape index (κ3) is 3.58. The summed E-state index contributed by atoms with van der Waals surface area (Å²) in [5.41, 5.74) is 2.18. The van der Waals surface area contributed by atoms with Crippen LogP contribution in [0.1, 0.15) is 24.8 Å². The highest BCUT2D eigenvalue weighted by molar-refractivity contribution is 5.81. The number of benzene rings is 1. The summed E-state index contributed by atoms with van der Waals surface area (Å²) >= 11 is 0. The number of amides is 1. The lowest BCUT2D eigenvalue weighted by Crippen LogP contribution is -2.48. The van der Waals surface area contributed by atoms with Gasteiger partial charge in [-0.2, -0.15) is 4.98 Å². The Bertz CT molecular complexity index is 747. The molecule has 1 saturated heterocycles. The summed E-state index contributed by atoms with van der Waals surface area (Å²) in [5, 5.41) is 4.09. The molecule has 1 aromatic heterocycles. The lowest BCUT2D eigenvalue weighted by molar-refractivity contribution is -0.134. The number of carbonyl (C=O) groups excluding carboxylic acids is 1. The van der Waals surface area contributed by atoms with Crippen LogP contribution in [0.15, 0.2) is 28.8 Å². The number of hydrogen-bond donors (Lipinski definition) is 0. The van der Waals surface area contributed by atoms with Gasteiger partial charge in [-0.05, 0) is 19.3 Å². The third-order valence-corrected chi connectivity index (χ3v) is 5.25. The standard InChI is InChI=1S/C19H24N4O2/c1-13-3-5-15(6-4-13)18-20-17(25-21-18)12-22-7-9-23(10-8-22)19(24)16-11-14(16)2/h3-6,14,16H,7-12H2,1-2H3/t14-,16+/m0/s1. The van der Waals surface area contributed by atoms with E-state index in [1.54, 1.807) is 0 Å². The molecule has 1 aliphatic carbocycles. The van der Waals surface area contributed by atoms with E-state index in [2.05, 4.69) is 28.9 Å². The summed E-state index contributed by atoms with van der Waals surface area (Å²) in [5.74, 6) is 2.45. The SMILES string of the molecule is Cc1ccc(-c2noc(CN3CCN(C(=O)[C@@H]4C[C@@H]4C)CC3)n2)cc1. The summed E-state index contributed by atoms with van der Waals surface area (Å²) in [6, 6.07) is 8.10. The maximum absolute atomic E-state index is 12.3. The van der Waals surface area contributed by atoms with Crippen molar-refractivity contribution in [2.75, 3.05) is 26.2 Å². The average molecular weight is 340 g/mol. The van der Waals surface area contributed by atoms with Gasteiger partial charge in [-0.3, -0.25) is 9.69 Å². The van der Waals surface area contributed by atoms with Crippen molar-refractivity contribution in [2.45, 2.75) is 26.8 Å². The molecule has 0 unspecified atom stereocenters. The minimum Gasteiger partial charge on any atom is -0.340 e. The summed E-state index contributed by atoms with van der Waals surface area (Å²) in [7, 11) is 0. The fourth-order valence-corrected chi connectivity index (χ4v) is 3.36. The lowest BCUT2D eigenvalue weighted by atomic mass is 10.1. The Labute approximate surface area is 147 Å². The van der Waals surface area contributed by atoms with Crippen molar-refractivity contribution in [3.8, 4) is 11.4 Å². The Hall–Kier alpha value is -2.21. The Morgan fingerprint density at radius 3 is 2.52 bits per heavy atom. The quantitative estimate of drug-likeness (QED) is 0.855. The normalized spacial score (nSPS) is 23.7. The minimum atomic E-state index is 0.277. The van der Waals surface area contributed by atoms with Crippen molar-refractivity contribution in [2.24, 2.45) is 11.8 Å². The molecule has 4 rings (SSSR count). The van der Waals surface area contributed by atoms with Crippen LogP contribution in [-0.2, 0) is 11.3 Å². The number of rotatable bonds is 4. The molecule has 0 spiro atoms. The molecule has 2 aromatic rings. The van der Waals surface area contributed by atoms with Crippen LogP contribution >= 0.6 is 0 Å². The van der Waals surface area contributed by atoms with E-state index in [0.717, 1.165) is 38.2 Å². The predicted molar refractivity (Wildman–Crippen MR) is 93.6 cm³/mol. The van der Waals surface area contributed by atoms with Gasteiger partial charge in [0.05, 0.1) is 6.54 Å². The van der Waals surface area contributed by atoms with Gasteiger partial charge >= 0.3 is 0 Å². The number of carbonyl (C=O) groups is 1. The molecule has 1 amide bonds. The monoisotopic (exact) mass is 340 g/mol. The molecule has 6 nitrogen and oxygen atoms in total. The molecule has 2 fully saturated rings. The van der Waals surface area contributed by atoms with Crippen LogP contribution < -0.4 is 0 Å². The summed E-state index contributed by atoms with van der Waals surface area (Å²) in [6.07, 6.45) is 1.06. The Kier molecular flexibility index (Phi) is 4.29. The summed E-state index contributed by atoms with van der Waals surface area (Å²) in [6.45, 7) is 8.15. The number of hydrogen-bond acceptors (Lipinski definition) is 5. The molecule has 2 heterocycles. The highest BCUT2D eigenvalue weighted by Gasteiger charge is 2.41. The van der Waals surface area contributed by atoms with Gasteiger partial charge in [0.15, 0.2) is 0 Å². The first-order chi connectivity index (χ1) is 12.1. The largest absolute Gasteiger partial charge is 0.340 e. The molecule has 0 radical (unpaired) electrons. The zero-order valence-corrected chi connectivity index (χ0v) is 14.8. The Morgan fingerprint density at radius 1 is 1.20 bits per heavy atom. The number of nitrogens with zero attached hydrogens (tertiary/aromatic N) is 4. The molecule has 1 aliphatic heterocycles. The first-order valence-electron chi connectivity index (χ1n) is 9.01. The number of piperazine rings is 1. The van der Waals surface area contributed by atoms with Gasteiger partial charge in [0.1, 0.15) is 0 Å². The third-order valence-electron chi connectivity index (χ3n) is 5.25. The van der Waals surface area contributed by atoms with Gasteiger partial charge in [0, 0.05) is 37.7 Å². The molecule has 0 N–H and O–H groups in total. The van der Waals surface area contributed by atoms with Crippen LogP contribution in [0, 0.1) is 18.8 Å². The van der Waals surface area contributed by atoms with Gasteiger partial charge in [0.2, 0.25) is 17.6 Å². The van der Waals surface area contributed by atoms with Crippen molar-refractivity contribution < 1.29 is 9.32 Å². The van der Waals surface area contributed by atoms with Gasteiger partial charge in [-0.15, -0.1) is 0 Å². The fraction of sp³-hybridized carbons (Fsp3) is 0.526. The van der Waals surface area contributed by atoms with Crippen molar-refractivity contribution in [1.82, 2.24) is 19.9 Å². The topological polar surface area (TPSA) is 62.5 Å². The van der Waals surface area contributed by atoms with Gasteiger partial charge in [-0.1, -0.05) is 41.9 Å². The average Bonchev–Trinajstić information content (AvgIpc) is 3.17. The number of aromatic nitrogens is 2. The second-order valence-electron chi connectivity index (χ2n) is 7.30. The maximum Gasteiger partial charge on any atom is 0.241 e. The van der Waals surface area contributed by atoms with Crippen LogP contribution in [0.2, 0.25) is 0 Å². The second-order valence-corrected chi connectivity index (χ2v) is 7.30. The van der Waals surface area contributed by atoms with E-state index >= 15 is 0 Å². The molecule has 2 atom stereocenters. The molecule has 2 aliphatic rings. The van der Waals surface area contributed by atoms with Crippen LogP contribution in [0.4, 0.5) is 0 Å². The molecule has 0 bridgehead atoms. The first-order valence-corrected chi connectivity index (χ1v) is 9.01. The first kappa shape index (κ1) is 16.3. The highest BCUT2D eigenvalue weighted by atomic mass is 16.5. The molecule has 1 saturated carbocycles.